The lowest BCUT2D eigenvalue weighted by Gasteiger charge is -2.14. The lowest BCUT2D eigenvalue weighted by Crippen LogP contribution is -2.21. The van der Waals surface area contributed by atoms with Crippen LogP contribution in [-0.4, -0.2) is 44.7 Å². The van der Waals surface area contributed by atoms with Crippen molar-refractivity contribution in [3.63, 3.8) is 0 Å². The summed E-state index contributed by atoms with van der Waals surface area (Å²) in [5.41, 5.74) is 4.46. The van der Waals surface area contributed by atoms with E-state index >= 15 is 0 Å². The summed E-state index contributed by atoms with van der Waals surface area (Å²) in [6.07, 6.45) is 6.29. The van der Waals surface area contributed by atoms with Crippen molar-refractivity contribution < 1.29 is 0 Å². The molecule has 0 spiro atoms. The zero-order valence-electron chi connectivity index (χ0n) is 17.5. The Labute approximate surface area is 177 Å². The molecule has 3 N–H and O–H groups in total. The van der Waals surface area contributed by atoms with E-state index in [1.54, 1.807) is 0 Å². The summed E-state index contributed by atoms with van der Waals surface area (Å²) in [5.74, 6) is 2.76. The highest BCUT2D eigenvalue weighted by molar-refractivity contribution is 5.58. The van der Waals surface area contributed by atoms with Crippen molar-refractivity contribution in [2.45, 2.75) is 44.9 Å². The third-order valence-electron chi connectivity index (χ3n) is 5.85. The van der Waals surface area contributed by atoms with Gasteiger partial charge in [-0.2, -0.15) is 10.1 Å². The molecular weight excluding hydrogens is 374 g/mol. The van der Waals surface area contributed by atoms with Gasteiger partial charge in [-0.15, -0.1) is 0 Å². The number of hydrogen-bond acceptors (Lipinski definition) is 6. The topological polar surface area (TPSA) is 81.8 Å². The lowest BCUT2D eigenvalue weighted by atomic mass is 10.1. The van der Waals surface area contributed by atoms with Crippen molar-refractivity contribution in [2.75, 3.05) is 30.3 Å². The second-order valence-corrected chi connectivity index (χ2v) is 8.45. The molecule has 0 atom stereocenters. The fraction of sp³-hybridized carbons (Fsp3) is 0.435. The number of aromatic nitrogens is 4. The van der Waals surface area contributed by atoms with Gasteiger partial charge < -0.3 is 15.5 Å². The Morgan fingerprint density at radius 2 is 1.80 bits per heavy atom. The van der Waals surface area contributed by atoms with Gasteiger partial charge in [0, 0.05) is 41.7 Å². The number of nitrogens with zero attached hydrogens (tertiary/aromatic N) is 4. The highest BCUT2D eigenvalue weighted by Gasteiger charge is 2.25. The molecule has 5 rings (SSSR count). The van der Waals surface area contributed by atoms with E-state index in [2.05, 4.69) is 66.0 Å². The molecule has 0 radical (unpaired) electrons. The minimum atomic E-state index is 0.584. The third kappa shape index (κ3) is 4.79. The van der Waals surface area contributed by atoms with Crippen molar-refractivity contribution in [3.05, 3.63) is 53.3 Å². The van der Waals surface area contributed by atoms with Crippen LogP contribution in [0.2, 0.25) is 0 Å². The number of anilines is 4. The van der Waals surface area contributed by atoms with Crippen LogP contribution in [0.3, 0.4) is 0 Å². The van der Waals surface area contributed by atoms with E-state index < -0.39 is 0 Å². The Kier molecular flexibility index (Phi) is 5.36. The second kappa shape index (κ2) is 8.44. The van der Waals surface area contributed by atoms with Crippen LogP contribution in [0, 0.1) is 6.92 Å². The molecule has 1 saturated carbocycles. The molecule has 7 nitrogen and oxygen atoms in total. The zero-order valence-corrected chi connectivity index (χ0v) is 17.5. The molecule has 1 aliphatic heterocycles. The normalized spacial score (nSPS) is 16.7. The van der Waals surface area contributed by atoms with Crippen molar-refractivity contribution in [3.8, 4) is 0 Å². The number of likely N-dealkylation sites (tertiary alicyclic amines) is 1. The van der Waals surface area contributed by atoms with Crippen molar-refractivity contribution in [1.29, 1.82) is 0 Å². The number of aromatic amines is 1. The van der Waals surface area contributed by atoms with Crippen LogP contribution in [0.1, 0.15) is 48.6 Å². The smallest absolute Gasteiger partial charge is 0.229 e. The van der Waals surface area contributed by atoms with Crippen molar-refractivity contribution >= 4 is 23.3 Å². The van der Waals surface area contributed by atoms with Crippen LogP contribution in [0.5, 0.6) is 0 Å². The maximum atomic E-state index is 4.61. The maximum Gasteiger partial charge on any atom is 0.229 e. The van der Waals surface area contributed by atoms with E-state index in [1.165, 1.54) is 50.0 Å². The van der Waals surface area contributed by atoms with Crippen molar-refractivity contribution in [1.82, 2.24) is 25.1 Å². The van der Waals surface area contributed by atoms with E-state index in [1.807, 2.05) is 13.0 Å². The van der Waals surface area contributed by atoms with Crippen LogP contribution < -0.4 is 10.6 Å². The first-order chi connectivity index (χ1) is 14.7. The molecule has 1 aliphatic carbocycles. The van der Waals surface area contributed by atoms with Crippen LogP contribution in [-0.2, 0) is 6.42 Å². The first-order valence-corrected chi connectivity index (χ1v) is 11.0. The molecule has 3 heterocycles. The summed E-state index contributed by atoms with van der Waals surface area (Å²) in [6, 6.07) is 12.6. The van der Waals surface area contributed by atoms with Gasteiger partial charge in [0.15, 0.2) is 5.82 Å². The Bertz CT molecular complexity index is 985. The molecule has 3 aromatic rings. The van der Waals surface area contributed by atoms with Gasteiger partial charge in [0.25, 0.3) is 0 Å². The molecule has 0 unspecified atom stereocenters. The van der Waals surface area contributed by atoms with E-state index in [4.69, 9.17) is 0 Å². The summed E-state index contributed by atoms with van der Waals surface area (Å²) in [5, 5.41) is 14.1. The average molecular weight is 404 g/mol. The Morgan fingerprint density at radius 1 is 1.00 bits per heavy atom. The summed E-state index contributed by atoms with van der Waals surface area (Å²) >= 11 is 0. The second-order valence-electron chi connectivity index (χ2n) is 8.45. The van der Waals surface area contributed by atoms with Crippen molar-refractivity contribution in [2.24, 2.45) is 0 Å². The molecule has 2 aromatic heterocycles. The maximum absolute atomic E-state index is 4.61. The molecule has 2 aliphatic rings. The standard InChI is InChI=1S/C23H29N7/c1-16-14-21(26-22-15-20(28-29-22)18-6-7-18)27-23(24-16)25-19-8-4-17(5-9-19)10-13-30-11-2-3-12-30/h4-5,8-9,14-15,18H,2-3,6-7,10-13H2,1H3,(H3,24,25,26,27,28,29). The van der Waals surface area contributed by atoms with Gasteiger partial charge in [-0.3, -0.25) is 5.10 Å². The fourth-order valence-electron chi connectivity index (χ4n) is 4.00. The summed E-state index contributed by atoms with van der Waals surface area (Å²) in [7, 11) is 0. The average Bonchev–Trinajstić information content (AvgIpc) is 3.25. The minimum Gasteiger partial charge on any atom is -0.324 e. The minimum absolute atomic E-state index is 0.584. The number of nitrogens with one attached hydrogen (secondary N) is 3. The molecule has 1 saturated heterocycles. The van der Waals surface area contributed by atoms with Gasteiger partial charge in [0.05, 0.1) is 0 Å². The quantitative estimate of drug-likeness (QED) is 0.513. The number of hydrogen-bond donors (Lipinski definition) is 3. The Balaban J connectivity index is 1.21. The van der Waals surface area contributed by atoms with E-state index in [9.17, 15) is 0 Å². The highest BCUT2D eigenvalue weighted by Crippen LogP contribution is 2.39. The summed E-state index contributed by atoms with van der Waals surface area (Å²) < 4.78 is 0. The van der Waals surface area contributed by atoms with Gasteiger partial charge in [0.2, 0.25) is 5.95 Å². The van der Waals surface area contributed by atoms with Gasteiger partial charge in [0.1, 0.15) is 5.82 Å². The molecule has 0 amide bonds. The first-order valence-electron chi connectivity index (χ1n) is 11.0. The molecular formula is C23H29N7. The molecule has 30 heavy (non-hydrogen) atoms. The van der Waals surface area contributed by atoms with E-state index in [0.717, 1.165) is 36.0 Å². The number of rotatable bonds is 8. The predicted molar refractivity (Wildman–Crippen MR) is 120 cm³/mol. The van der Waals surface area contributed by atoms with E-state index in [0.29, 0.717) is 11.9 Å². The number of aryl methyl sites for hydroxylation is 1. The summed E-state index contributed by atoms with van der Waals surface area (Å²) in [6.45, 7) is 5.62. The number of benzene rings is 1. The first kappa shape index (κ1) is 19.1. The van der Waals surface area contributed by atoms with Gasteiger partial charge in [-0.25, -0.2) is 4.98 Å². The van der Waals surface area contributed by atoms with Crippen LogP contribution in [0.25, 0.3) is 0 Å². The van der Waals surface area contributed by atoms with Gasteiger partial charge in [-0.05, 0) is 69.8 Å². The molecule has 0 bridgehead atoms. The molecule has 156 valence electrons. The van der Waals surface area contributed by atoms with E-state index in [-0.39, 0.29) is 0 Å². The van der Waals surface area contributed by atoms with Crippen LogP contribution in [0.4, 0.5) is 23.3 Å². The largest absolute Gasteiger partial charge is 0.324 e. The fourth-order valence-corrected chi connectivity index (χ4v) is 4.00. The van der Waals surface area contributed by atoms with Gasteiger partial charge >= 0.3 is 0 Å². The Hall–Kier alpha value is -2.93. The monoisotopic (exact) mass is 403 g/mol. The molecule has 1 aromatic carbocycles. The molecule has 7 heteroatoms. The Morgan fingerprint density at radius 3 is 2.57 bits per heavy atom. The summed E-state index contributed by atoms with van der Waals surface area (Å²) in [4.78, 5) is 11.7. The third-order valence-corrected chi connectivity index (χ3v) is 5.85. The predicted octanol–water partition coefficient (Wildman–Crippen LogP) is 4.51. The molecule has 2 fully saturated rings. The highest BCUT2D eigenvalue weighted by atomic mass is 15.2. The van der Waals surface area contributed by atoms with Crippen LogP contribution >= 0.6 is 0 Å². The van der Waals surface area contributed by atoms with Crippen LogP contribution in [0.15, 0.2) is 36.4 Å². The lowest BCUT2D eigenvalue weighted by molar-refractivity contribution is 0.343. The van der Waals surface area contributed by atoms with Gasteiger partial charge in [-0.1, -0.05) is 12.1 Å². The SMILES string of the molecule is Cc1cc(Nc2cc(C3CC3)[nH]n2)nc(Nc2ccc(CCN3CCCC3)cc2)n1. The zero-order chi connectivity index (χ0) is 20.3. The number of H-pyrrole nitrogens is 1.